The molecule has 2 aromatic rings. The Morgan fingerprint density at radius 3 is 2.67 bits per heavy atom. The highest BCUT2D eigenvalue weighted by atomic mass is 79.9. The first-order valence-electron chi connectivity index (χ1n) is 10.0. The number of amidine groups is 1. The standard InChI is InChI=1S/C23H21BrN2O6S/c1-3-26-21(29)19(11-14-8-9-18(17(24)10-14)32-13-20(27)28)33-23(26)25-16-7-5-6-15(12-16)22(30)31-4-2/h5-12H,3-4,13H2,1-2H3,(H,27,28). The Balaban J connectivity index is 1.84. The van der Waals surface area contributed by atoms with Crippen molar-refractivity contribution in [1.82, 2.24) is 4.90 Å². The summed E-state index contributed by atoms with van der Waals surface area (Å²) in [5.41, 5.74) is 1.67. The van der Waals surface area contributed by atoms with Gasteiger partial charge in [0.05, 0.1) is 27.2 Å². The Labute approximate surface area is 203 Å². The number of aliphatic imine (C=N–C) groups is 1. The van der Waals surface area contributed by atoms with Gasteiger partial charge in [0.25, 0.3) is 5.91 Å². The summed E-state index contributed by atoms with van der Waals surface area (Å²) in [4.78, 5) is 42.2. The van der Waals surface area contributed by atoms with E-state index in [0.29, 0.717) is 38.1 Å². The van der Waals surface area contributed by atoms with E-state index in [1.165, 1.54) is 11.8 Å². The molecule has 0 spiro atoms. The Morgan fingerprint density at radius 2 is 2.00 bits per heavy atom. The van der Waals surface area contributed by atoms with Crippen LogP contribution < -0.4 is 4.74 Å². The fourth-order valence-corrected chi connectivity index (χ4v) is 4.49. The molecule has 1 aliphatic rings. The van der Waals surface area contributed by atoms with Crippen molar-refractivity contribution in [3.8, 4) is 5.75 Å². The van der Waals surface area contributed by atoms with E-state index in [1.54, 1.807) is 60.4 Å². The Kier molecular flexibility index (Phi) is 8.29. The topological polar surface area (TPSA) is 106 Å². The number of hydrogen-bond acceptors (Lipinski definition) is 7. The smallest absolute Gasteiger partial charge is 0.341 e. The summed E-state index contributed by atoms with van der Waals surface area (Å²) < 4.78 is 10.8. The van der Waals surface area contributed by atoms with E-state index in [0.717, 1.165) is 5.56 Å². The minimum Gasteiger partial charge on any atom is -0.481 e. The first kappa shape index (κ1) is 24.5. The highest BCUT2D eigenvalue weighted by Crippen LogP contribution is 2.35. The molecule has 0 aromatic heterocycles. The number of ether oxygens (including phenoxy) is 2. The Bertz CT molecular complexity index is 1150. The van der Waals surface area contributed by atoms with Crippen molar-refractivity contribution in [2.24, 2.45) is 4.99 Å². The largest absolute Gasteiger partial charge is 0.481 e. The van der Waals surface area contributed by atoms with Gasteiger partial charge in [0.2, 0.25) is 0 Å². The lowest BCUT2D eigenvalue weighted by atomic mass is 10.2. The lowest BCUT2D eigenvalue weighted by Crippen LogP contribution is -2.28. The van der Waals surface area contributed by atoms with Crippen molar-refractivity contribution < 1.29 is 29.0 Å². The van der Waals surface area contributed by atoms with Crippen LogP contribution in [-0.4, -0.2) is 52.8 Å². The minimum absolute atomic E-state index is 0.176. The SMILES string of the molecule is CCOC(=O)c1cccc(N=C2SC(=Cc3ccc(OCC(=O)O)c(Br)c3)C(=O)N2CC)c1. The highest BCUT2D eigenvalue weighted by Gasteiger charge is 2.32. The molecule has 1 N–H and O–H groups in total. The number of carboxylic acid groups (broad SMARTS) is 1. The molecule has 0 bridgehead atoms. The molecule has 2 aromatic carbocycles. The van der Waals surface area contributed by atoms with Gasteiger partial charge in [-0.2, -0.15) is 0 Å². The number of aliphatic carboxylic acids is 1. The second kappa shape index (κ2) is 11.2. The molecule has 1 amide bonds. The lowest BCUT2D eigenvalue weighted by molar-refractivity contribution is -0.139. The zero-order valence-corrected chi connectivity index (χ0v) is 20.3. The van der Waals surface area contributed by atoms with Crippen molar-refractivity contribution in [2.75, 3.05) is 19.8 Å². The molecular weight excluding hydrogens is 512 g/mol. The predicted molar refractivity (Wildman–Crippen MR) is 130 cm³/mol. The number of amides is 1. The molecule has 0 atom stereocenters. The number of esters is 1. The number of likely N-dealkylation sites (N-methyl/N-ethyl adjacent to an activating group) is 1. The number of halogens is 1. The zero-order valence-electron chi connectivity index (χ0n) is 17.9. The first-order chi connectivity index (χ1) is 15.8. The number of carbonyl (C=O) groups is 3. The summed E-state index contributed by atoms with van der Waals surface area (Å²) in [6.07, 6.45) is 1.74. The Morgan fingerprint density at radius 1 is 1.21 bits per heavy atom. The van der Waals surface area contributed by atoms with Gasteiger partial charge in [0.1, 0.15) is 5.75 Å². The molecule has 0 radical (unpaired) electrons. The van der Waals surface area contributed by atoms with Gasteiger partial charge in [0.15, 0.2) is 11.8 Å². The third-order valence-corrected chi connectivity index (χ3v) is 6.02. The maximum atomic E-state index is 12.9. The van der Waals surface area contributed by atoms with E-state index in [4.69, 9.17) is 14.6 Å². The number of rotatable bonds is 8. The van der Waals surface area contributed by atoms with E-state index < -0.39 is 18.5 Å². The molecule has 3 rings (SSSR count). The van der Waals surface area contributed by atoms with Crippen molar-refractivity contribution >= 4 is 62.5 Å². The number of nitrogens with zero attached hydrogens (tertiary/aromatic N) is 2. The number of thioether (sulfide) groups is 1. The van der Waals surface area contributed by atoms with Crippen molar-refractivity contribution in [3.05, 3.63) is 63.0 Å². The van der Waals surface area contributed by atoms with Gasteiger partial charge >= 0.3 is 11.9 Å². The summed E-state index contributed by atoms with van der Waals surface area (Å²) >= 11 is 4.60. The normalized spacial score (nSPS) is 15.8. The van der Waals surface area contributed by atoms with E-state index in [1.807, 2.05) is 6.92 Å². The summed E-state index contributed by atoms with van der Waals surface area (Å²) in [6.45, 7) is 3.87. The van der Waals surface area contributed by atoms with Crippen LogP contribution in [0.15, 0.2) is 56.8 Å². The summed E-state index contributed by atoms with van der Waals surface area (Å²) in [5, 5.41) is 9.26. The molecular formula is C23H21BrN2O6S. The third kappa shape index (κ3) is 6.23. The number of hydrogen-bond donors (Lipinski definition) is 1. The molecule has 0 aliphatic carbocycles. The fraction of sp³-hybridized carbons (Fsp3) is 0.217. The first-order valence-corrected chi connectivity index (χ1v) is 11.6. The van der Waals surface area contributed by atoms with Gasteiger partial charge < -0.3 is 14.6 Å². The van der Waals surface area contributed by atoms with Crippen LogP contribution in [-0.2, 0) is 14.3 Å². The fourth-order valence-electron chi connectivity index (χ4n) is 2.91. The maximum Gasteiger partial charge on any atom is 0.341 e. The number of carboxylic acids is 1. The molecule has 0 unspecified atom stereocenters. The molecule has 33 heavy (non-hydrogen) atoms. The summed E-state index contributed by atoms with van der Waals surface area (Å²) in [7, 11) is 0. The second-order valence-electron chi connectivity index (χ2n) is 6.70. The molecule has 172 valence electrons. The summed E-state index contributed by atoms with van der Waals surface area (Å²) in [6, 6.07) is 11.9. The van der Waals surface area contributed by atoms with Crippen LogP contribution in [0.25, 0.3) is 6.08 Å². The number of benzene rings is 2. The van der Waals surface area contributed by atoms with E-state index in [9.17, 15) is 14.4 Å². The molecule has 8 nitrogen and oxygen atoms in total. The van der Waals surface area contributed by atoms with Crippen LogP contribution >= 0.6 is 27.7 Å². The van der Waals surface area contributed by atoms with E-state index >= 15 is 0 Å². The van der Waals surface area contributed by atoms with Gasteiger partial charge in [-0.15, -0.1) is 0 Å². The van der Waals surface area contributed by atoms with Crippen LogP contribution in [0.3, 0.4) is 0 Å². The summed E-state index contributed by atoms with van der Waals surface area (Å²) in [5.74, 6) is -1.28. The van der Waals surface area contributed by atoms with Gasteiger partial charge in [-0.3, -0.25) is 9.69 Å². The number of carbonyl (C=O) groups excluding carboxylic acids is 2. The van der Waals surface area contributed by atoms with Gasteiger partial charge in [-0.25, -0.2) is 14.6 Å². The molecule has 1 aliphatic heterocycles. The maximum absolute atomic E-state index is 12.9. The van der Waals surface area contributed by atoms with E-state index in [2.05, 4.69) is 20.9 Å². The zero-order chi connectivity index (χ0) is 24.0. The van der Waals surface area contributed by atoms with Crippen LogP contribution in [0.4, 0.5) is 5.69 Å². The molecule has 10 heteroatoms. The third-order valence-electron chi connectivity index (χ3n) is 4.39. The molecule has 1 fully saturated rings. The average molecular weight is 533 g/mol. The van der Waals surface area contributed by atoms with Gasteiger partial charge in [-0.05, 0) is 83.5 Å². The monoisotopic (exact) mass is 532 g/mol. The van der Waals surface area contributed by atoms with Crippen molar-refractivity contribution in [2.45, 2.75) is 13.8 Å². The molecule has 0 saturated carbocycles. The second-order valence-corrected chi connectivity index (χ2v) is 8.56. The van der Waals surface area contributed by atoms with Crippen LogP contribution in [0.1, 0.15) is 29.8 Å². The predicted octanol–water partition coefficient (Wildman–Crippen LogP) is 4.71. The van der Waals surface area contributed by atoms with E-state index in [-0.39, 0.29) is 12.5 Å². The van der Waals surface area contributed by atoms with Crippen LogP contribution in [0.5, 0.6) is 5.75 Å². The van der Waals surface area contributed by atoms with Gasteiger partial charge in [-0.1, -0.05) is 12.1 Å². The van der Waals surface area contributed by atoms with Gasteiger partial charge in [0, 0.05) is 6.54 Å². The average Bonchev–Trinajstić information content (AvgIpc) is 3.07. The lowest BCUT2D eigenvalue weighted by Gasteiger charge is -2.12. The van der Waals surface area contributed by atoms with Crippen LogP contribution in [0, 0.1) is 0 Å². The molecule has 1 heterocycles. The van der Waals surface area contributed by atoms with Crippen molar-refractivity contribution in [3.63, 3.8) is 0 Å². The van der Waals surface area contributed by atoms with Crippen LogP contribution in [0.2, 0.25) is 0 Å². The molecule has 1 saturated heterocycles. The minimum atomic E-state index is -1.07. The highest BCUT2D eigenvalue weighted by molar-refractivity contribution is 9.10. The van der Waals surface area contributed by atoms with Crippen molar-refractivity contribution in [1.29, 1.82) is 0 Å². The quantitative estimate of drug-likeness (QED) is 0.387. The Hall–Kier alpha value is -3.11.